The quantitative estimate of drug-likeness (QED) is 0.895. The van der Waals surface area contributed by atoms with Crippen molar-refractivity contribution in [1.29, 1.82) is 0 Å². The molecule has 1 unspecified atom stereocenters. The molecule has 1 atom stereocenters. The molecule has 1 heterocycles. The Labute approximate surface area is 122 Å². The lowest BCUT2D eigenvalue weighted by Gasteiger charge is -2.31. The molecule has 3 nitrogen and oxygen atoms in total. The zero-order valence-corrected chi connectivity index (χ0v) is 12.9. The lowest BCUT2D eigenvalue weighted by Crippen LogP contribution is -2.43. The number of hydrogen-bond donors (Lipinski definition) is 1. The van der Waals surface area contributed by atoms with E-state index < -0.39 is 0 Å². The van der Waals surface area contributed by atoms with Crippen LogP contribution in [-0.2, 0) is 11.3 Å². The number of nitrogens with zero attached hydrogens (tertiary/aromatic N) is 1. The van der Waals surface area contributed by atoms with Crippen LogP contribution in [0, 0.1) is 12.3 Å². The molecule has 1 saturated heterocycles. The van der Waals surface area contributed by atoms with Crippen LogP contribution in [-0.4, -0.2) is 30.4 Å². The first kappa shape index (κ1) is 15.0. The van der Waals surface area contributed by atoms with Crippen LogP contribution >= 0.6 is 0 Å². The van der Waals surface area contributed by atoms with Gasteiger partial charge in [0.1, 0.15) is 0 Å². The van der Waals surface area contributed by atoms with E-state index in [1.807, 2.05) is 4.90 Å². The average molecular weight is 274 g/mol. The maximum absolute atomic E-state index is 12.8. The molecule has 0 radical (unpaired) electrons. The second-order valence-corrected chi connectivity index (χ2v) is 6.20. The van der Waals surface area contributed by atoms with Crippen molar-refractivity contribution in [3.05, 3.63) is 35.4 Å². The van der Waals surface area contributed by atoms with Gasteiger partial charge in [-0.1, -0.05) is 36.8 Å². The summed E-state index contributed by atoms with van der Waals surface area (Å²) in [5.74, 6) is 0.296. The lowest BCUT2D eigenvalue weighted by atomic mass is 9.88. The maximum Gasteiger partial charge on any atom is 0.230 e. The van der Waals surface area contributed by atoms with E-state index >= 15 is 0 Å². The third kappa shape index (κ3) is 3.40. The first-order valence-electron chi connectivity index (χ1n) is 7.61. The van der Waals surface area contributed by atoms with E-state index in [-0.39, 0.29) is 5.41 Å². The molecule has 1 aliphatic heterocycles. The highest BCUT2D eigenvalue weighted by Crippen LogP contribution is 2.28. The van der Waals surface area contributed by atoms with E-state index in [4.69, 9.17) is 0 Å². The molecule has 0 aromatic heterocycles. The summed E-state index contributed by atoms with van der Waals surface area (Å²) in [6.07, 6.45) is 1.95. The second kappa shape index (κ2) is 6.40. The lowest BCUT2D eigenvalue weighted by molar-refractivity contribution is -0.141. The average Bonchev–Trinajstić information content (AvgIpc) is 2.88. The molecule has 0 spiro atoms. The number of rotatable bonds is 5. The van der Waals surface area contributed by atoms with Crippen molar-refractivity contribution in [1.82, 2.24) is 10.2 Å². The van der Waals surface area contributed by atoms with Gasteiger partial charge in [-0.05, 0) is 38.8 Å². The molecule has 3 heteroatoms. The molecule has 20 heavy (non-hydrogen) atoms. The first-order valence-corrected chi connectivity index (χ1v) is 7.61. The Morgan fingerprint density at radius 2 is 2.05 bits per heavy atom. The van der Waals surface area contributed by atoms with Gasteiger partial charge in [-0.3, -0.25) is 4.79 Å². The molecule has 1 aromatic rings. The predicted octanol–water partition coefficient (Wildman–Crippen LogP) is 2.73. The molecule has 1 fully saturated rings. The van der Waals surface area contributed by atoms with Gasteiger partial charge in [0.2, 0.25) is 5.91 Å². The summed E-state index contributed by atoms with van der Waals surface area (Å²) in [4.78, 5) is 14.8. The number of aryl methyl sites for hydroxylation is 1. The van der Waals surface area contributed by atoms with Crippen molar-refractivity contribution < 1.29 is 4.79 Å². The molecule has 0 saturated carbocycles. The summed E-state index contributed by atoms with van der Waals surface area (Å²) in [6, 6.07) is 8.48. The van der Waals surface area contributed by atoms with Gasteiger partial charge in [0.25, 0.3) is 0 Å². The Morgan fingerprint density at radius 3 is 2.60 bits per heavy atom. The monoisotopic (exact) mass is 274 g/mol. The van der Waals surface area contributed by atoms with Crippen LogP contribution in [0.3, 0.4) is 0 Å². The zero-order chi connectivity index (χ0) is 14.6. The van der Waals surface area contributed by atoms with E-state index in [0.29, 0.717) is 5.91 Å². The van der Waals surface area contributed by atoms with Gasteiger partial charge >= 0.3 is 0 Å². The van der Waals surface area contributed by atoms with Crippen molar-refractivity contribution in [2.45, 2.75) is 40.2 Å². The van der Waals surface area contributed by atoms with E-state index in [1.165, 1.54) is 11.1 Å². The van der Waals surface area contributed by atoms with Gasteiger partial charge in [-0.2, -0.15) is 0 Å². The number of hydrogen-bond acceptors (Lipinski definition) is 2. The molecule has 0 bridgehead atoms. The largest absolute Gasteiger partial charge is 0.338 e. The first-order chi connectivity index (χ1) is 9.55. The summed E-state index contributed by atoms with van der Waals surface area (Å²) < 4.78 is 0. The van der Waals surface area contributed by atoms with E-state index in [9.17, 15) is 4.79 Å². The molecular weight excluding hydrogens is 248 g/mol. The van der Waals surface area contributed by atoms with E-state index in [2.05, 4.69) is 50.4 Å². The van der Waals surface area contributed by atoms with Crippen LogP contribution in [0.15, 0.2) is 24.3 Å². The normalized spacial score (nSPS) is 21.9. The molecule has 1 aliphatic rings. The number of amides is 1. The van der Waals surface area contributed by atoms with Crippen molar-refractivity contribution >= 4 is 5.91 Å². The van der Waals surface area contributed by atoms with Crippen molar-refractivity contribution in [3.8, 4) is 0 Å². The minimum absolute atomic E-state index is 0.222. The number of carbonyl (C=O) groups excluding carboxylic acids is 1. The van der Waals surface area contributed by atoms with E-state index in [1.54, 1.807) is 0 Å². The topological polar surface area (TPSA) is 32.3 Å². The summed E-state index contributed by atoms with van der Waals surface area (Å²) >= 11 is 0. The van der Waals surface area contributed by atoms with Crippen molar-refractivity contribution in [3.63, 3.8) is 0 Å². The van der Waals surface area contributed by atoms with Gasteiger partial charge in [0, 0.05) is 19.6 Å². The SMILES string of the molecule is CCCN(Cc1ccc(C)cc1)C(=O)C1(C)CCNC1. The molecule has 1 amide bonds. The highest BCUT2D eigenvalue weighted by molar-refractivity contribution is 5.83. The van der Waals surface area contributed by atoms with Crippen LogP contribution in [0.4, 0.5) is 0 Å². The molecule has 2 rings (SSSR count). The zero-order valence-electron chi connectivity index (χ0n) is 12.9. The summed E-state index contributed by atoms with van der Waals surface area (Å²) in [5.41, 5.74) is 2.25. The molecule has 0 aliphatic carbocycles. The highest BCUT2D eigenvalue weighted by Gasteiger charge is 2.38. The minimum atomic E-state index is -0.222. The van der Waals surface area contributed by atoms with Crippen LogP contribution in [0.25, 0.3) is 0 Å². The third-order valence-electron chi connectivity index (χ3n) is 4.16. The Hall–Kier alpha value is -1.35. The fourth-order valence-electron chi connectivity index (χ4n) is 2.82. The van der Waals surface area contributed by atoms with Gasteiger partial charge < -0.3 is 10.2 Å². The van der Waals surface area contributed by atoms with Gasteiger partial charge in [0.05, 0.1) is 5.41 Å². The van der Waals surface area contributed by atoms with Crippen molar-refractivity contribution in [2.24, 2.45) is 5.41 Å². The highest BCUT2D eigenvalue weighted by atomic mass is 16.2. The minimum Gasteiger partial charge on any atom is -0.338 e. The number of carbonyl (C=O) groups is 1. The number of nitrogens with one attached hydrogen (secondary N) is 1. The van der Waals surface area contributed by atoms with Crippen LogP contribution < -0.4 is 5.32 Å². The fraction of sp³-hybridized carbons (Fsp3) is 0.588. The van der Waals surface area contributed by atoms with Crippen molar-refractivity contribution in [2.75, 3.05) is 19.6 Å². The van der Waals surface area contributed by atoms with E-state index in [0.717, 1.165) is 39.0 Å². The Bertz CT molecular complexity index is 447. The predicted molar refractivity (Wildman–Crippen MR) is 82.5 cm³/mol. The Kier molecular flexibility index (Phi) is 4.81. The molecule has 1 aromatic carbocycles. The van der Waals surface area contributed by atoms with Gasteiger partial charge in [-0.25, -0.2) is 0 Å². The fourth-order valence-corrected chi connectivity index (χ4v) is 2.82. The van der Waals surface area contributed by atoms with Crippen LogP contribution in [0.5, 0.6) is 0 Å². The molecule has 110 valence electrons. The standard InChI is InChI=1S/C17H26N2O/c1-4-11-19(12-15-7-5-14(2)6-8-15)16(20)17(3)9-10-18-13-17/h5-8,18H,4,9-13H2,1-3H3. The second-order valence-electron chi connectivity index (χ2n) is 6.20. The van der Waals surface area contributed by atoms with Gasteiger partial charge in [-0.15, -0.1) is 0 Å². The Morgan fingerprint density at radius 1 is 1.35 bits per heavy atom. The maximum atomic E-state index is 12.8. The molecular formula is C17H26N2O. The smallest absolute Gasteiger partial charge is 0.230 e. The van der Waals surface area contributed by atoms with Gasteiger partial charge in [0.15, 0.2) is 0 Å². The Balaban J connectivity index is 2.10. The summed E-state index contributed by atoms with van der Waals surface area (Å²) in [7, 11) is 0. The van der Waals surface area contributed by atoms with Crippen LogP contribution in [0.1, 0.15) is 37.8 Å². The third-order valence-corrected chi connectivity index (χ3v) is 4.16. The summed E-state index contributed by atoms with van der Waals surface area (Å²) in [5, 5.41) is 3.31. The van der Waals surface area contributed by atoms with Crippen LogP contribution in [0.2, 0.25) is 0 Å². The number of benzene rings is 1. The summed E-state index contributed by atoms with van der Waals surface area (Å²) in [6.45, 7) is 9.62. The molecule has 1 N–H and O–H groups in total.